The lowest BCUT2D eigenvalue weighted by Gasteiger charge is -2.21. The number of hydrogen-bond acceptors (Lipinski definition) is 3. The van der Waals surface area contributed by atoms with Crippen molar-refractivity contribution in [3.63, 3.8) is 0 Å². The van der Waals surface area contributed by atoms with Gasteiger partial charge in [0.15, 0.2) is 5.84 Å². The quantitative estimate of drug-likeness (QED) is 0.379. The van der Waals surface area contributed by atoms with Crippen LogP contribution in [-0.2, 0) is 0 Å². The molecule has 7 heteroatoms. The summed E-state index contributed by atoms with van der Waals surface area (Å²) in [6.07, 6.45) is -2.49. The van der Waals surface area contributed by atoms with Gasteiger partial charge in [-0.25, -0.2) is 8.78 Å². The summed E-state index contributed by atoms with van der Waals surface area (Å²) >= 11 is 5.79. The molecule has 3 N–H and O–H groups in total. The number of nitrogens with zero attached hydrogens (tertiary/aromatic N) is 2. The molecule has 0 heterocycles. The average molecular weight is 264 g/mol. The first kappa shape index (κ1) is 13.5. The SMILES string of the molecule is CN(CC(F)F)c1cc(Cl)ccc1/C(N)=N/O. The summed E-state index contributed by atoms with van der Waals surface area (Å²) < 4.78 is 24.6. The second kappa shape index (κ2) is 5.67. The molecule has 1 aromatic carbocycles. The number of anilines is 1. The van der Waals surface area contributed by atoms with Crippen molar-refractivity contribution < 1.29 is 14.0 Å². The van der Waals surface area contributed by atoms with Crippen molar-refractivity contribution >= 4 is 23.1 Å². The number of alkyl halides is 2. The molecule has 0 radical (unpaired) electrons. The highest BCUT2D eigenvalue weighted by atomic mass is 35.5. The van der Waals surface area contributed by atoms with Crippen LogP contribution in [0.2, 0.25) is 5.02 Å². The van der Waals surface area contributed by atoms with Gasteiger partial charge in [0.2, 0.25) is 0 Å². The minimum atomic E-state index is -2.49. The molecule has 4 nitrogen and oxygen atoms in total. The fourth-order valence-electron chi connectivity index (χ4n) is 1.40. The molecule has 0 atom stereocenters. The van der Waals surface area contributed by atoms with Gasteiger partial charge in [-0.2, -0.15) is 0 Å². The predicted molar refractivity (Wildman–Crippen MR) is 63.2 cm³/mol. The van der Waals surface area contributed by atoms with Crippen molar-refractivity contribution in [3.05, 3.63) is 28.8 Å². The molecule has 0 unspecified atom stereocenters. The predicted octanol–water partition coefficient (Wildman–Crippen LogP) is 2.14. The average Bonchev–Trinajstić information content (AvgIpc) is 2.27. The minimum absolute atomic E-state index is 0.155. The van der Waals surface area contributed by atoms with Crippen molar-refractivity contribution in [2.75, 3.05) is 18.5 Å². The molecule has 0 saturated carbocycles. The van der Waals surface area contributed by atoms with Gasteiger partial charge in [0.05, 0.1) is 6.54 Å². The second-order valence-corrected chi connectivity index (χ2v) is 3.85. The fourth-order valence-corrected chi connectivity index (χ4v) is 1.56. The molecule has 0 aliphatic carbocycles. The molecule has 0 aliphatic heterocycles. The zero-order chi connectivity index (χ0) is 13.0. The van der Waals surface area contributed by atoms with Gasteiger partial charge in [0.25, 0.3) is 6.43 Å². The van der Waals surface area contributed by atoms with Crippen LogP contribution in [0, 0.1) is 0 Å². The molecule has 1 rings (SSSR count). The maximum atomic E-state index is 12.3. The van der Waals surface area contributed by atoms with Crippen LogP contribution in [0.5, 0.6) is 0 Å². The van der Waals surface area contributed by atoms with Gasteiger partial charge in [-0.05, 0) is 18.2 Å². The Morgan fingerprint density at radius 2 is 2.24 bits per heavy atom. The zero-order valence-electron chi connectivity index (χ0n) is 9.07. The summed E-state index contributed by atoms with van der Waals surface area (Å²) in [5.74, 6) is -0.155. The highest BCUT2D eigenvalue weighted by Crippen LogP contribution is 2.24. The van der Waals surface area contributed by atoms with E-state index in [1.165, 1.54) is 30.1 Å². The maximum Gasteiger partial charge on any atom is 0.255 e. The third kappa shape index (κ3) is 3.45. The van der Waals surface area contributed by atoms with Crippen molar-refractivity contribution in [1.82, 2.24) is 0 Å². The van der Waals surface area contributed by atoms with Gasteiger partial charge < -0.3 is 15.8 Å². The molecule has 0 aromatic heterocycles. The Kier molecular flexibility index (Phi) is 4.51. The highest BCUT2D eigenvalue weighted by molar-refractivity contribution is 6.31. The van der Waals surface area contributed by atoms with Crippen molar-refractivity contribution in [3.8, 4) is 0 Å². The monoisotopic (exact) mass is 263 g/mol. The Labute approximate surface area is 102 Å². The van der Waals surface area contributed by atoms with Gasteiger partial charge in [0, 0.05) is 23.3 Å². The lowest BCUT2D eigenvalue weighted by molar-refractivity contribution is 0.156. The molecule has 1 aromatic rings. The van der Waals surface area contributed by atoms with Gasteiger partial charge in [-0.15, -0.1) is 0 Å². The van der Waals surface area contributed by atoms with Crippen LogP contribution in [0.4, 0.5) is 14.5 Å². The van der Waals surface area contributed by atoms with Gasteiger partial charge in [0.1, 0.15) is 0 Å². The highest BCUT2D eigenvalue weighted by Gasteiger charge is 2.15. The van der Waals surface area contributed by atoms with Crippen LogP contribution >= 0.6 is 11.6 Å². The topological polar surface area (TPSA) is 61.8 Å². The van der Waals surface area contributed by atoms with E-state index in [4.69, 9.17) is 22.5 Å². The summed E-state index contributed by atoms with van der Waals surface area (Å²) in [6.45, 7) is -0.466. The van der Waals surface area contributed by atoms with Crippen molar-refractivity contribution in [2.45, 2.75) is 6.43 Å². The summed E-state index contributed by atoms with van der Waals surface area (Å²) in [5.41, 5.74) is 6.19. The number of halogens is 3. The lowest BCUT2D eigenvalue weighted by Crippen LogP contribution is -2.27. The zero-order valence-corrected chi connectivity index (χ0v) is 9.83. The first-order valence-electron chi connectivity index (χ1n) is 4.72. The Bertz CT molecular complexity index is 426. The summed E-state index contributed by atoms with van der Waals surface area (Å²) in [6, 6.07) is 4.53. The summed E-state index contributed by atoms with van der Waals surface area (Å²) in [4.78, 5) is 1.30. The van der Waals surface area contributed by atoms with E-state index in [0.29, 0.717) is 16.3 Å². The number of nitrogens with two attached hydrogens (primary N) is 1. The number of rotatable bonds is 4. The van der Waals surface area contributed by atoms with Gasteiger partial charge in [-0.3, -0.25) is 0 Å². The van der Waals surface area contributed by atoms with Crippen molar-refractivity contribution in [2.24, 2.45) is 10.9 Å². The molecule has 0 saturated heterocycles. The fraction of sp³-hybridized carbons (Fsp3) is 0.300. The van der Waals surface area contributed by atoms with Crippen LogP contribution in [0.15, 0.2) is 23.4 Å². The molecule has 17 heavy (non-hydrogen) atoms. The number of benzene rings is 1. The molecule has 0 bridgehead atoms. The van der Waals surface area contributed by atoms with E-state index in [2.05, 4.69) is 5.16 Å². The third-order valence-corrected chi connectivity index (χ3v) is 2.40. The van der Waals surface area contributed by atoms with E-state index in [-0.39, 0.29) is 5.84 Å². The molecule has 94 valence electrons. The van der Waals surface area contributed by atoms with E-state index in [1.807, 2.05) is 0 Å². The Balaban J connectivity index is 3.15. The smallest absolute Gasteiger partial charge is 0.255 e. The number of oxime groups is 1. The van der Waals surface area contributed by atoms with Crippen LogP contribution < -0.4 is 10.6 Å². The number of hydrogen-bond donors (Lipinski definition) is 2. The Morgan fingerprint density at radius 3 is 2.76 bits per heavy atom. The normalized spacial score (nSPS) is 11.9. The van der Waals surface area contributed by atoms with Crippen LogP contribution in [0.3, 0.4) is 0 Å². The maximum absolute atomic E-state index is 12.3. The Morgan fingerprint density at radius 1 is 1.59 bits per heavy atom. The van der Waals surface area contributed by atoms with E-state index in [1.54, 1.807) is 0 Å². The van der Waals surface area contributed by atoms with Gasteiger partial charge in [-0.1, -0.05) is 16.8 Å². The lowest BCUT2D eigenvalue weighted by atomic mass is 10.1. The molecule has 0 spiro atoms. The second-order valence-electron chi connectivity index (χ2n) is 3.42. The molecule has 0 fully saturated rings. The van der Waals surface area contributed by atoms with E-state index < -0.39 is 13.0 Å². The molecular formula is C10H12ClF2N3O. The van der Waals surface area contributed by atoms with Crippen molar-refractivity contribution in [1.29, 1.82) is 0 Å². The van der Waals surface area contributed by atoms with Gasteiger partial charge >= 0.3 is 0 Å². The largest absolute Gasteiger partial charge is 0.409 e. The standard InChI is InChI=1S/C10H12ClF2N3O/c1-16(5-9(12)13)8-4-6(11)2-3-7(8)10(14)15-17/h2-4,9,17H,5H2,1H3,(H2,14,15). The summed E-state index contributed by atoms with van der Waals surface area (Å²) in [5, 5.41) is 11.8. The third-order valence-electron chi connectivity index (χ3n) is 2.17. The number of amidine groups is 1. The van der Waals surface area contributed by atoms with Crippen LogP contribution in [0.1, 0.15) is 5.56 Å². The van der Waals surface area contributed by atoms with E-state index >= 15 is 0 Å². The minimum Gasteiger partial charge on any atom is -0.409 e. The van der Waals surface area contributed by atoms with E-state index in [9.17, 15) is 8.78 Å². The molecule has 0 amide bonds. The van der Waals surface area contributed by atoms with Crippen LogP contribution in [0.25, 0.3) is 0 Å². The van der Waals surface area contributed by atoms with E-state index in [0.717, 1.165) is 0 Å². The Hall–Kier alpha value is -1.56. The molecule has 0 aliphatic rings. The first-order chi connectivity index (χ1) is 7.95. The first-order valence-corrected chi connectivity index (χ1v) is 5.10. The van der Waals surface area contributed by atoms with Crippen LogP contribution in [-0.4, -0.2) is 31.1 Å². The summed E-state index contributed by atoms with van der Waals surface area (Å²) in [7, 11) is 1.48. The molecular weight excluding hydrogens is 252 g/mol.